The Bertz CT molecular complexity index is 3290. The predicted octanol–water partition coefficient (Wildman–Crippen LogP) is 14.0. The Morgan fingerprint density at radius 1 is 0.232 bits per heavy atom. The number of aromatic nitrogens is 3. The lowest BCUT2D eigenvalue weighted by atomic mass is 9.87. The lowest BCUT2D eigenvalue weighted by Crippen LogP contribution is -2.00. The highest BCUT2D eigenvalue weighted by Crippen LogP contribution is 2.43. The number of hydrogen-bond donors (Lipinski definition) is 0. The quantitative estimate of drug-likeness (QED) is 0.167. The van der Waals surface area contributed by atoms with Crippen molar-refractivity contribution in [1.82, 2.24) is 15.0 Å². The Hall–Kier alpha value is -7.49. The molecule has 10 aromatic carbocycles. The monoisotopic (exact) mass is 711 g/mol. The van der Waals surface area contributed by atoms with Crippen molar-refractivity contribution < 1.29 is 0 Å². The third kappa shape index (κ3) is 5.32. The molecular formula is C53H33N3. The molecule has 3 nitrogen and oxygen atoms in total. The molecule has 11 aromatic rings. The summed E-state index contributed by atoms with van der Waals surface area (Å²) in [6.07, 6.45) is 0. The van der Waals surface area contributed by atoms with Gasteiger partial charge < -0.3 is 0 Å². The zero-order chi connectivity index (χ0) is 37.0. The largest absolute Gasteiger partial charge is 0.208 e. The van der Waals surface area contributed by atoms with Gasteiger partial charge in [-0.2, -0.15) is 0 Å². The van der Waals surface area contributed by atoms with E-state index in [0.717, 1.165) is 27.8 Å². The molecule has 0 aliphatic rings. The summed E-state index contributed by atoms with van der Waals surface area (Å²) in [5, 5.41) is 12.5. The molecule has 0 bridgehead atoms. The van der Waals surface area contributed by atoms with Crippen LogP contribution in [0.15, 0.2) is 200 Å². The Balaban J connectivity index is 1.08. The van der Waals surface area contributed by atoms with E-state index in [9.17, 15) is 0 Å². The minimum atomic E-state index is 0.635. The van der Waals surface area contributed by atoms with Gasteiger partial charge in [-0.15, -0.1) is 0 Å². The van der Waals surface area contributed by atoms with Crippen LogP contribution in [0.5, 0.6) is 0 Å². The molecule has 11 rings (SSSR count). The minimum absolute atomic E-state index is 0.635. The lowest BCUT2D eigenvalue weighted by molar-refractivity contribution is 1.07. The standard InChI is InChI=1S/C53H33N3/c1-2-15-36(16-3-1)51-54-52(37-30-28-35(29-31-37)41-27-13-17-34-14-4-5-20-40(34)41)56-53(55-51)39-19-12-18-38(32-39)48-33-49-44-23-7-6-21-42(44)43-22-8-10-25-46(43)50(49)47-26-11-9-24-45(47)48/h1-33H. The highest BCUT2D eigenvalue weighted by atomic mass is 15.0. The van der Waals surface area contributed by atoms with Crippen molar-refractivity contribution >= 4 is 53.9 Å². The molecule has 0 fully saturated rings. The van der Waals surface area contributed by atoms with Crippen LogP contribution in [0, 0.1) is 0 Å². The van der Waals surface area contributed by atoms with E-state index in [1.165, 1.54) is 65.0 Å². The van der Waals surface area contributed by atoms with E-state index in [0.29, 0.717) is 17.5 Å². The van der Waals surface area contributed by atoms with Gasteiger partial charge in [-0.25, -0.2) is 15.0 Å². The van der Waals surface area contributed by atoms with E-state index in [1.54, 1.807) is 0 Å². The summed E-state index contributed by atoms with van der Waals surface area (Å²) < 4.78 is 0. The molecule has 0 saturated heterocycles. The number of benzene rings is 10. The van der Waals surface area contributed by atoms with Gasteiger partial charge >= 0.3 is 0 Å². The van der Waals surface area contributed by atoms with Gasteiger partial charge in [0, 0.05) is 16.7 Å². The van der Waals surface area contributed by atoms with E-state index >= 15 is 0 Å². The Morgan fingerprint density at radius 2 is 0.679 bits per heavy atom. The van der Waals surface area contributed by atoms with Gasteiger partial charge in [0.25, 0.3) is 0 Å². The Morgan fingerprint density at radius 3 is 1.39 bits per heavy atom. The summed E-state index contributed by atoms with van der Waals surface area (Å²) in [6.45, 7) is 0. The van der Waals surface area contributed by atoms with Crippen LogP contribution >= 0.6 is 0 Å². The third-order valence-corrected chi connectivity index (χ3v) is 11.1. The molecule has 56 heavy (non-hydrogen) atoms. The van der Waals surface area contributed by atoms with Crippen molar-refractivity contribution in [3.05, 3.63) is 200 Å². The van der Waals surface area contributed by atoms with E-state index in [2.05, 4.69) is 182 Å². The van der Waals surface area contributed by atoms with Gasteiger partial charge in [-0.3, -0.25) is 0 Å². The SMILES string of the molecule is c1ccc(-c2nc(-c3ccc(-c4cccc5ccccc45)cc3)nc(-c3cccc(-c4cc5c6ccccc6c6ccccc6c5c5ccccc45)c3)n2)cc1. The third-order valence-electron chi connectivity index (χ3n) is 11.1. The summed E-state index contributed by atoms with van der Waals surface area (Å²) in [6, 6.07) is 71.1. The molecule has 0 radical (unpaired) electrons. The van der Waals surface area contributed by atoms with E-state index in [4.69, 9.17) is 15.0 Å². The van der Waals surface area contributed by atoms with Crippen molar-refractivity contribution in [2.45, 2.75) is 0 Å². The molecule has 3 heteroatoms. The zero-order valence-corrected chi connectivity index (χ0v) is 30.4. The van der Waals surface area contributed by atoms with Crippen molar-refractivity contribution in [2.24, 2.45) is 0 Å². The molecule has 260 valence electrons. The summed E-state index contributed by atoms with van der Waals surface area (Å²) in [4.78, 5) is 15.3. The molecule has 0 amide bonds. The zero-order valence-electron chi connectivity index (χ0n) is 30.4. The summed E-state index contributed by atoms with van der Waals surface area (Å²) in [7, 11) is 0. The summed E-state index contributed by atoms with van der Waals surface area (Å²) in [5.41, 5.74) is 7.46. The smallest absolute Gasteiger partial charge is 0.164 e. The van der Waals surface area contributed by atoms with Gasteiger partial charge in [-0.05, 0) is 88.2 Å². The normalized spacial score (nSPS) is 11.6. The van der Waals surface area contributed by atoms with Gasteiger partial charge in [0.05, 0.1) is 0 Å². The summed E-state index contributed by atoms with van der Waals surface area (Å²) in [5.74, 6) is 1.91. The van der Waals surface area contributed by atoms with Crippen LogP contribution in [0.4, 0.5) is 0 Å². The van der Waals surface area contributed by atoms with Crippen molar-refractivity contribution in [2.75, 3.05) is 0 Å². The second-order valence-corrected chi connectivity index (χ2v) is 14.3. The maximum absolute atomic E-state index is 5.15. The first-order chi connectivity index (χ1) is 27.8. The van der Waals surface area contributed by atoms with Crippen LogP contribution in [0.1, 0.15) is 0 Å². The van der Waals surface area contributed by atoms with E-state index < -0.39 is 0 Å². The molecule has 0 aliphatic carbocycles. The first-order valence-electron chi connectivity index (χ1n) is 19.0. The van der Waals surface area contributed by atoms with Crippen LogP contribution in [-0.2, 0) is 0 Å². The molecule has 1 heterocycles. The van der Waals surface area contributed by atoms with E-state index in [-0.39, 0.29) is 0 Å². The number of rotatable bonds is 5. The van der Waals surface area contributed by atoms with Crippen molar-refractivity contribution in [3.8, 4) is 56.4 Å². The molecule has 0 N–H and O–H groups in total. The second-order valence-electron chi connectivity index (χ2n) is 14.3. The first kappa shape index (κ1) is 32.0. The van der Waals surface area contributed by atoms with Crippen molar-refractivity contribution in [1.29, 1.82) is 0 Å². The first-order valence-corrected chi connectivity index (χ1v) is 19.0. The lowest BCUT2D eigenvalue weighted by Gasteiger charge is -2.16. The Kier molecular flexibility index (Phi) is 7.49. The van der Waals surface area contributed by atoms with Crippen LogP contribution in [0.25, 0.3) is 110 Å². The van der Waals surface area contributed by atoms with Crippen LogP contribution < -0.4 is 0 Å². The van der Waals surface area contributed by atoms with Crippen LogP contribution in [0.2, 0.25) is 0 Å². The molecule has 0 unspecified atom stereocenters. The van der Waals surface area contributed by atoms with Gasteiger partial charge in [0.15, 0.2) is 17.5 Å². The van der Waals surface area contributed by atoms with Gasteiger partial charge in [0.1, 0.15) is 0 Å². The fourth-order valence-corrected chi connectivity index (χ4v) is 8.46. The molecule has 0 atom stereocenters. The molecule has 0 aliphatic heterocycles. The average molecular weight is 712 g/mol. The van der Waals surface area contributed by atoms with Gasteiger partial charge in [0.2, 0.25) is 0 Å². The van der Waals surface area contributed by atoms with Crippen LogP contribution in [0.3, 0.4) is 0 Å². The fraction of sp³-hybridized carbons (Fsp3) is 0. The maximum atomic E-state index is 5.15. The number of hydrogen-bond acceptors (Lipinski definition) is 3. The van der Waals surface area contributed by atoms with E-state index in [1.807, 2.05) is 18.2 Å². The van der Waals surface area contributed by atoms with Gasteiger partial charge in [-0.1, -0.05) is 188 Å². The molecular weight excluding hydrogens is 679 g/mol. The number of nitrogens with zero attached hydrogens (tertiary/aromatic N) is 3. The highest BCUT2D eigenvalue weighted by Gasteiger charge is 2.17. The molecule has 0 spiro atoms. The highest BCUT2D eigenvalue weighted by molar-refractivity contribution is 6.33. The fourth-order valence-electron chi connectivity index (χ4n) is 8.46. The van der Waals surface area contributed by atoms with Crippen molar-refractivity contribution in [3.63, 3.8) is 0 Å². The minimum Gasteiger partial charge on any atom is -0.208 e. The second kappa shape index (κ2) is 13.1. The molecule has 1 aromatic heterocycles. The number of fused-ring (bicyclic) bond motifs is 9. The topological polar surface area (TPSA) is 38.7 Å². The Labute approximate surface area is 324 Å². The summed E-state index contributed by atoms with van der Waals surface area (Å²) >= 11 is 0. The van der Waals surface area contributed by atoms with Crippen LogP contribution in [-0.4, -0.2) is 15.0 Å². The molecule has 0 saturated carbocycles. The average Bonchev–Trinajstić information content (AvgIpc) is 3.28. The maximum Gasteiger partial charge on any atom is 0.164 e. The predicted molar refractivity (Wildman–Crippen MR) is 235 cm³/mol.